The fourth-order valence-corrected chi connectivity index (χ4v) is 2.22. The first kappa shape index (κ1) is 15.8. The molecular weight excluding hydrogens is 340 g/mol. The molecule has 0 aliphatic carbocycles. The van der Waals surface area contributed by atoms with E-state index >= 15 is 0 Å². The number of nitrogens with zero attached hydrogens (tertiary/aromatic N) is 2. The molecule has 0 radical (unpaired) electrons. The summed E-state index contributed by atoms with van der Waals surface area (Å²) in [6.07, 6.45) is 1.52. The largest absolute Gasteiger partial charge is 0.370 e. The normalized spacial score (nSPS) is 10.7. The molecule has 3 nitrogen and oxygen atoms in total. The molecule has 0 atom stereocenters. The minimum Gasteiger partial charge on any atom is -0.370 e. The molecule has 0 fully saturated rings. The highest BCUT2D eigenvalue weighted by Gasteiger charge is 2.17. The second-order valence-corrected chi connectivity index (χ2v) is 5.41. The summed E-state index contributed by atoms with van der Waals surface area (Å²) in [5.41, 5.74) is 0.109. The second kappa shape index (κ2) is 6.93. The van der Waals surface area contributed by atoms with E-state index in [9.17, 15) is 8.78 Å². The Kier molecular flexibility index (Phi) is 5.22. The van der Waals surface area contributed by atoms with E-state index in [1.807, 2.05) is 13.8 Å². The Morgan fingerprint density at radius 3 is 2.62 bits per heavy atom. The summed E-state index contributed by atoms with van der Waals surface area (Å²) in [4.78, 5) is 8.56. The van der Waals surface area contributed by atoms with E-state index in [1.165, 1.54) is 12.1 Å². The van der Waals surface area contributed by atoms with Crippen LogP contribution in [0.5, 0.6) is 0 Å². The van der Waals surface area contributed by atoms with Crippen LogP contribution in [0.1, 0.15) is 26.1 Å². The third-order valence-electron chi connectivity index (χ3n) is 2.94. The van der Waals surface area contributed by atoms with Crippen molar-refractivity contribution in [1.82, 2.24) is 9.97 Å². The van der Waals surface area contributed by atoms with E-state index < -0.39 is 11.6 Å². The smallest absolute Gasteiger partial charge is 0.149 e. The third kappa shape index (κ3) is 3.56. The molecule has 6 heteroatoms. The van der Waals surface area contributed by atoms with Crippen molar-refractivity contribution < 1.29 is 8.78 Å². The maximum Gasteiger partial charge on any atom is 0.149 e. The highest BCUT2D eigenvalue weighted by Crippen LogP contribution is 2.30. The van der Waals surface area contributed by atoms with E-state index in [-0.39, 0.29) is 15.7 Å². The van der Waals surface area contributed by atoms with Gasteiger partial charge in [0.25, 0.3) is 0 Å². The number of aromatic nitrogens is 2. The Bertz CT molecular complexity index is 647. The molecule has 1 N–H and O–H groups in total. The van der Waals surface area contributed by atoms with Crippen LogP contribution in [0.25, 0.3) is 11.3 Å². The van der Waals surface area contributed by atoms with Crippen molar-refractivity contribution in [2.24, 2.45) is 0 Å². The summed E-state index contributed by atoms with van der Waals surface area (Å²) in [6.45, 7) is 4.67. The first-order chi connectivity index (χ1) is 10.1. The monoisotopic (exact) mass is 355 g/mol. The zero-order valence-corrected chi connectivity index (χ0v) is 13.5. The van der Waals surface area contributed by atoms with Crippen molar-refractivity contribution in [3.8, 4) is 11.3 Å². The molecule has 2 rings (SSSR count). The second-order valence-electron chi connectivity index (χ2n) is 4.55. The summed E-state index contributed by atoms with van der Waals surface area (Å²) < 4.78 is 28.4. The van der Waals surface area contributed by atoms with E-state index in [2.05, 4.69) is 31.2 Å². The molecule has 0 aliphatic rings. The third-order valence-corrected chi connectivity index (χ3v) is 3.56. The van der Waals surface area contributed by atoms with Crippen molar-refractivity contribution in [3.63, 3.8) is 0 Å². The molecule has 1 heterocycles. The number of nitrogens with one attached hydrogen (secondary N) is 1. The first-order valence-electron chi connectivity index (χ1n) is 6.82. The Morgan fingerprint density at radius 1 is 1.19 bits per heavy atom. The lowest BCUT2D eigenvalue weighted by atomic mass is 10.1. The van der Waals surface area contributed by atoms with Gasteiger partial charge in [0.05, 0.1) is 15.7 Å². The van der Waals surface area contributed by atoms with Crippen LogP contribution in [0.15, 0.2) is 22.7 Å². The Balaban J connectivity index is 2.55. The summed E-state index contributed by atoms with van der Waals surface area (Å²) >= 11 is 3.07. The van der Waals surface area contributed by atoms with Gasteiger partial charge in [-0.15, -0.1) is 0 Å². The quantitative estimate of drug-likeness (QED) is 0.798. The molecule has 1 aromatic heterocycles. The van der Waals surface area contributed by atoms with Gasteiger partial charge in [-0.3, -0.25) is 0 Å². The molecule has 21 heavy (non-hydrogen) atoms. The molecule has 0 bridgehead atoms. The van der Waals surface area contributed by atoms with Gasteiger partial charge in [0.15, 0.2) is 0 Å². The number of hydrogen-bond acceptors (Lipinski definition) is 3. The molecule has 112 valence electrons. The van der Waals surface area contributed by atoms with Gasteiger partial charge in [-0.25, -0.2) is 18.7 Å². The lowest BCUT2D eigenvalue weighted by Gasteiger charge is -2.10. The topological polar surface area (TPSA) is 37.8 Å². The van der Waals surface area contributed by atoms with Crippen LogP contribution >= 0.6 is 15.9 Å². The summed E-state index contributed by atoms with van der Waals surface area (Å²) in [6, 6.07) is 4.13. The van der Waals surface area contributed by atoms with Gasteiger partial charge < -0.3 is 5.32 Å². The minimum atomic E-state index is -0.655. The van der Waals surface area contributed by atoms with Gasteiger partial charge in [-0.1, -0.05) is 13.8 Å². The van der Waals surface area contributed by atoms with E-state index in [0.717, 1.165) is 13.0 Å². The van der Waals surface area contributed by atoms with Crippen LogP contribution in [0.3, 0.4) is 0 Å². The van der Waals surface area contributed by atoms with Gasteiger partial charge in [0, 0.05) is 19.0 Å². The highest BCUT2D eigenvalue weighted by molar-refractivity contribution is 9.10. The van der Waals surface area contributed by atoms with Crippen LogP contribution in [0, 0.1) is 11.6 Å². The standard InChI is InChI=1S/C15H16BrF2N3/c1-3-7-19-13-8-11(20-12(4-2)21-13)14-10(17)6-5-9(16)15(14)18/h5-6,8H,3-4,7H2,1-2H3,(H,19,20,21). The SMILES string of the molecule is CCCNc1cc(-c2c(F)ccc(Br)c2F)nc(CC)n1. The number of hydrogen-bond donors (Lipinski definition) is 1. The zero-order chi connectivity index (χ0) is 15.4. The maximum absolute atomic E-state index is 14.2. The first-order valence-corrected chi connectivity index (χ1v) is 7.61. The van der Waals surface area contributed by atoms with Gasteiger partial charge in [0.1, 0.15) is 23.3 Å². The molecule has 0 saturated heterocycles. The van der Waals surface area contributed by atoms with Crippen LogP contribution < -0.4 is 5.32 Å². The van der Waals surface area contributed by atoms with E-state index in [4.69, 9.17) is 0 Å². The Morgan fingerprint density at radius 2 is 1.95 bits per heavy atom. The summed E-state index contributed by atoms with van der Waals surface area (Å²) in [5, 5.41) is 3.13. The maximum atomic E-state index is 14.2. The minimum absolute atomic E-state index is 0.138. The van der Waals surface area contributed by atoms with Gasteiger partial charge in [-0.05, 0) is 34.5 Å². The van der Waals surface area contributed by atoms with Gasteiger partial charge in [0.2, 0.25) is 0 Å². The zero-order valence-electron chi connectivity index (χ0n) is 11.9. The molecule has 0 saturated carbocycles. The lowest BCUT2D eigenvalue weighted by molar-refractivity contribution is 0.584. The molecule has 0 aliphatic heterocycles. The predicted molar refractivity (Wildman–Crippen MR) is 83.2 cm³/mol. The van der Waals surface area contributed by atoms with Crippen molar-refractivity contribution in [2.45, 2.75) is 26.7 Å². The Labute approximate surface area is 131 Å². The van der Waals surface area contributed by atoms with Crippen LogP contribution in [-0.2, 0) is 6.42 Å². The van der Waals surface area contributed by atoms with Crippen molar-refractivity contribution >= 4 is 21.7 Å². The summed E-state index contributed by atoms with van der Waals surface area (Å²) in [7, 11) is 0. The highest BCUT2D eigenvalue weighted by atomic mass is 79.9. The molecule has 0 amide bonds. The molecule has 2 aromatic rings. The summed E-state index contributed by atoms with van der Waals surface area (Å²) in [5.74, 6) is -0.169. The average Bonchev–Trinajstić information content (AvgIpc) is 2.49. The van der Waals surface area contributed by atoms with E-state index in [0.29, 0.717) is 18.1 Å². The van der Waals surface area contributed by atoms with Crippen LogP contribution in [0.4, 0.5) is 14.6 Å². The van der Waals surface area contributed by atoms with Gasteiger partial charge in [-0.2, -0.15) is 0 Å². The molecule has 0 unspecified atom stereocenters. The van der Waals surface area contributed by atoms with Crippen molar-refractivity contribution in [3.05, 3.63) is 40.1 Å². The fourth-order valence-electron chi connectivity index (χ4n) is 1.89. The fraction of sp³-hybridized carbons (Fsp3) is 0.333. The molecular formula is C15H16BrF2N3. The Hall–Kier alpha value is -1.56. The number of halogens is 3. The van der Waals surface area contributed by atoms with Crippen LogP contribution in [-0.4, -0.2) is 16.5 Å². The van der Waals surface area contributed by atoms with Crippen molar-refractivity contribution in [1.29, 1.82) is 0 Å². The number of anilines is 1. The average molecular weight is 356 g/mol. The number of aryl methyl sites for hydroxylation is 1. The van der Waals surface area contributed by atoms with Gasteiger partial charge >= 0.3 is 0 Å². The van der Waals surface area contributed by atoms with E-state index in [1.54, 1.807) is 6.07 Å². The van der Waals surface area contributed by atoms with Crippen LogP contribution in [0.2, 0.25) is 0 Å². The predicted octanol–water partition coefficient (Wildman–Crippen LogP) is 4.57. The number of rotatable bonds is 5. The molecule has 0 spiro atoms. The molecule has 1 aromatic carbocycles. The lowest BCUT2D eigenvalue weighted by Crippen LogP contribution is -2.06. The van der Waals surface area contributed by atoms with Crippen molar-refractivity contribution in [2.75, 3.05) is 11.9 Å². The number of benzene rings is 1.